The van der Waals surface area contributed by atoms with E-state index in [2.05, 4.69) is 10.3 Å². The molecule has 20 heavy (non-hydrogen) atoms. The maximum Gasteiger partial charge on any atom is 0.416 e. The van der Waals surface area contributed by atoms with E-state index in [1.165, 1.54) is 18.5 Å². The summed E-state index contributed by atoms with van der Waals surface area (Å²) in [7, 11) is 0. The second kappa shape index (κ2) is 5.09. The van der Waals surface area contributed by atoms with Gasteiger partial charge in [0.05, 0.1) is 34.4 Å². The summed E-state index contributed by atoms with van der Waals surface area (Å²) in [5.74, 6) is 0. The molecule has 0 saturated carbocycles. The number of alkyl halides is 3. The molecule has 0 aliphatic rings. The number of nitrogens with two attached hydrogens (primary N) is 1. The molecule has 7 heteroatoms. The SMILES string of the molecule is N#Cc1cc(C(F)(F)F)ccc1Nc1cncc(N)c1. The Bertz CT molecular complexity index is 674. The maximum atomic E-state index is 12.6. The van der Waals surface area contributed by atoms with Crippen LogP contribution in [0.1, 0.15) is 11.1 Å². The fourth-order valence-electron chi connectivity index (χ4n) is 1.60. The third kappa shape index (κ3) is 2.98. The van der Waals surface area contributed by atoms with Crippen molar-refractivity contribution in [2.75, 3.05) is 11.1 Å². The van der Waals surface area contributed by atoms with Crippen LogP contribution < -0.4 is 11.1 Å². The van der Waals surface area contributed by atoms with Crippen molar-refractivity contribution in [1.82, 2.24) is 4.98 Å². The van der Waals surface area contributed by atoms with Gasteiger partial charge in [0.15, 0.2) is 0 Å². The molecule has 0 bridgehead atoms. The van der Waals surface area contributed by atoms with Gasteiger partial charge in [-0.15, -0.1) is 0 Å². The number of aromatic nitrogens is 1. The summed E-state index contributed by atoms with van der Waals surface area (Å²) in [5, 5.41) is 11.8. The Labute approximate surface area is 112 Å². The zero-order chi connectivity index (χ0) is 14.8. The molecule has 0 unspecified atom stereocenters. The number of benzene rings is 1. The maximum absolute atomic E-state index is 12.6. The Morgan fingerprint density at radius 3 is 2.55 bits per heavy atom. The van der Waals surface area contributed by atoms with E-state index in [1.54, 1.807) is 12.1 Å². The fourth-order valence-corrected chi connectivity index (χ4v) is 1.60. The van der Waals surface area contributed by atoms with E-state index in [4.69, 9.17) is 11.0 Å². The monoisotopic (exact) mass is 278 g/mol. The number of pyridine rings is 1. The van der Waals surface area contributed by atoms with E-state index in [0.29, 0.717) is 11.4 Å². The molecule has 2 rings (SSSR count). The molecular formula is C13H9F3N4. The second-order valence-electron chi connectivity index (χ2n) is 4.00. The summed E-state index contributed by atoms with van der Waals surface area (Å²) < 4.78 is 37.7. The molecule has 0 radical (unpaired) electrons. The molecule has 0 fully saturated rings. The van der Waals surface area contributed by atoms with Crippen molar-refractivity contribution in [1.29, 1.82) is 5.26 Å². The van der Waals surface area contributed by atoms with Gasteiger partial charge in [-0.2, -0.15) is 18.4 Å². The van der Waals surface area contributed by atoms with Crippen molar-refractivity contribution in [2.45, 2.75) is 6.18 Å². The van der Waals surface area contributed by atoms with Gasteiger partial charge in [0.25, 0.3) is 0 Å². The predicted molar refractivity (Wildman–Crippen MR) is 68.1 cm³/mol. The predicted octanol–water partition coefficient (Wildman–Crippen LogP) is 3.30. The van der Waals surface area contributed by atoms with Gasteiger partial charge < -0.3 is 11.1 Å². The summed E-state index contributed by atoms with van der Waals surface area (Å²) in [4.78, 5) is 3.84. The van der Waals surface area contributed by atoms with Crippen LogP contribution in [0.3, 0.4) is 0 Å². The smallest absolute Gasteiger partial charge is 0.397 e. The standard InChI is InChI=1S/C13H9F3N4/c14-13(15,16)9-1-2-12(8(3-9)5-17)20-11-4-10(18)6-19-7-11/h1-4,6-7,20H,18H2. The lowest BCUT2D eigenvalue weighted by molar-refractivity contribution is -0.137. The van der Waals surface area contributed by atoms with E-state index in [9.17, 15) is 13.2 Å². The molecule has 0 amide bonds. The summed E-state index contributed by atoms with van der Waals surface area (Å²) in [6, 6.07) is 6.19. The summed E-state index contributed by atoms with van der Waals surface area (Å²) >= 11 is 0. The molecular weight excluding hydrogens is 269 g/mol. The van der Waals surface area contributed by atoms with Gasteiger partial charge in [-0.05, 0) is 24.3 Å². The Morgan fingerprint density at radius 1 is 1.20 bits per heavy atom. The molecule has 1 aromatic heterocycles. The third-order valence-electron chi connectivity index (χ3n) is 2.51. The minimum absolute atomic E-state index is 0.109. The van der Waals surface area contributed by atoms with Crippen LogP contribution in [0.25, 0.3) is 0 Å². The molecule has 1 heterocycles. The minimum Gasteiger partial charge on any atom is -0.397 e. The molecule has 102 valence electrons. The van der Waals surface area contributed by atoms with Crippen LogP contribution in [0.4, 0.5) is 30.2 Å². The molecule has 0 saturated heterocycles. The molecule has 4 nitrogen and oxygen atoms in total. The molecule has 0 atom stereocenters. The number of nitriles is 1. The quantitative estimate of drug-likeness (QED) is 0.883. The largest absolute Gasteiger partial charge is 0.416 e. The number of hydrogen-bond acceptors (Lipinski definition) is 4. The highest BCUT2D eigenvalue weighted by atomic mass is 19.4. The lowest BCUT2D eigenvalue weighted by Crippen LogP contribution is -2.06. The Balaban J connectivity index is 2.36. The van der Waals surface area contributed by atoms with Crippen LogP contribution in [0.15, 0.2) is 36.7 Å². The first kappa shape index (κ1) is 13.7. The van der Waals surface area contributed by atoms with Gasteiger partial charge in [0, 0.05) is 6.20 Å². The summed E-state index contributed by atoms with van der Waals surface area (Å²) in [5.41, 5.74) is 5.72. The van der Waals surface area contributed by atoms with Gasteiger partial charge >= 0.3 is 6.18 Å². The number of nitrogens with zero attached hydrogens (tertiary/aromatic N) is 2. The van der Waals surface area contributed by atoms with Gasteiger partial charge in [-0.3, -0.25) is 4.98 Å². The molecule has 0 aliphatic carbocycles. The van der Waals surface area contributed by atoms with Crippen LogP contribution in [-0.4, -0.2) is 4.98 Å². The highest BCUT2D eigenvalue weighted by Gasteiger charge is 2.31. The van der Waals surface area contributed by atoms with E-state index in [0.717, 1.165) is 12.1 Å². The first-order valence-electron chi connectivity index (χ1n) is 5.49. The third-order valence-corrected chi connectivity index (χ3v) is 2.51. The summed E-state index contributed by atoms with van der Waals surface area (Å²) in [6.45, 7) is 0. The van der Waals surface area contributed by atoms with Gasteiger partial charge in [0.2, 0.25) is 0 Å². The molecule has 3 N–H and O–H groups in total. The second-order valence-corrected chi connectivity index (χ2v) is 4.00. The Morgan fingerprint density at radius 2 is 1.95 bits per heavy atom. The number of halogens is 3. The zero-order valence-corrected chi connectivity index (χ0v) is 10.1. The lowest BCUT2D eigenvalue weighted by atomic mass is 10.1. The number of rotatable bonds is 2. The highest BCUT2D eigenvalue weighted by molar-refractivity contribution is 5.68. The van der Waals surface area contributed by atoms with Crippen molar-refractivity contribution in [3.8, 4) is 6.07 Å². The van der Waals surface area contributed by atoms with Crippen LogP contribution >= 0.6 is 0 Å². The van der Waals surface area contributed by atoms with Crippen LogP contribution in [0.2, 0.25) is 0 Å². The molecule has 1 aromatic carbocycles. The number of nitrogen functional groups attached to an aromatic ring is 1. The Hall–Kier alpha value is -2.75. The zero-order valence-electron chi connectivity index (χ0n) is 10.1. The first-order chi connectivity index (χ1) is 9.40. The molecule has 2 aromatic rings. The van der Waals surface area contributed by atoms with E-state index < -0.39 is 11.7 Å². The lowest BCUT2D eigenvalue weighted by Gasteiger charge is -2.11. The molecule has 0 aliphatic heterocycles. The van der Waals surface area contributed by atoms with Crippen LogP contribution in [-0.2, 0) is 6.18 Å². The highest BCUT2D eigenvalue weighted by Crippen LogP contribution is 2.32. The summed E-state index contributed by atoms with van der Waals surface area (Å²) in [6.07, 6.45) is -1.60. The van der Waals surface area contributed by atoms with Gasteiger partial charge in [-0.25, -0.2) is 0 Å². The minimum atomic E-state index is -4.48. The van der Waals surface area contributed by atoms with Crippen molar-refractivity contribution in [2.24, 2.45) is 0 Å². The van der Waals surface area contributed by atoms with Crippen LogP contribution in [0, 0.1) is 11.3 Å². The average molecular weight is 278 g/mol. The first-order valence-corrected chi connectivity index (χ1v) is 5.49. The van der Waals surface area contributed by atoms with Crippen molar-refractivity contribution in [3.05, 3.63) is 47.8 Å². The van der Waals surface area contributed by atoms with E-state index >= 15 is 0 Å². The van der Waals surface area contributed by atoms with E-state index in [1.807, 2.05) is 0 Å². The molecule has 0 spiro atoms. The van der Waals surface area contributed by atoms with Crippen molar-refractivity contribution < 1.29 is 13.2 Å². The van der Waals surface area contributed by atoms with E-state index in [-0.39, 0.29) is 11.3 Å². The topological polar surface area (TPSA) is 74.7 Å². The number of nitrogens with one attached hydrogen (secondary N) is 1. The number of hydrogen-bond donors (Lipinski definition) is 2. The fraction of sp³-hybridized carbons (Fsp3) is 0.0769. The van der Waals surface area contributed by atoms with Gasteiger partial charge in [0.1, 0.15) is 6.07 Å². The normalized spacial score (nSPS) is 10.9. The Kier molecular flexibility index (Phi) is 3.48. The van der Waals surface area contributed by atoms with Crippen molar-refractivity contribution >= 4 is 17.1 Å². The van der Waals surface area contributed by atoms with Gasteiger partial charge in [-0.1, -0.05) is 0 Å². The number of anilines is 3. The average Bonchev–Trinajstić information content (AvgIpc) is 2.38. The van der Waals surface area contributed by atoms with Crippen LogP contribution in [0.5, 0.6) is 0 Å². The van der Waals surface area contributed by atoms with Crippen molar-refractivity contribution in [3.63, 3.8) is 0 Å².